The van der Waals surface area contributed by atoms with Crippen LogP contribution in [0.3, 0.4) is 0 Å². The first-order valence-electron chi connectivity index (χ1n) is 7.77. The van der Waals surface area contributed by atoms with Crippen LogP contribution in [0, 0.1) is 12.7 Å². The molecule has 5 nitrogen and oxygen atoms in total. The number of sulfonamides is 1. The van der Waals surface area contributed by atoms with Crippen LogP contribution in [0.4, 0.5) is 4.39 Å². The Morgan fingerprint density at radius 3 is 2.52 bits per heavy atom. The van der Waals surface area contributed by atoms with E-state index in [0.29, 0.717) is 25.9 Å². The molecule has 128 valence electrons. The molecule has 23 heavy (non-hydrogen) atoms. The second-order valence-corrected chi connectivity index (χ2v) is 8.24. The molecule has 1 heterocycles. The molecule has 1 amide bonds. The molecule has 0 aromatic heterocycles. The molecule has 0 N–H and O–H groups in total. The Morgan fingerprint density at radius 1 is 1.35 bits per heavy atom. The highest BCUT2D eigenvalue weighted by molar-refractivity contribution is 7.89. The predicted octanol–water partition coefficient (Wildman–Crippen LogP) is 2.02. The maximum atomic E-state index is 13.8. The van der Waals surface area contributed by atoms with Gasteiger partial charge in [0, 0.05) is 26.2 Å². The summed E-state index contributed by atoms with van der Waals surface area (Å²) < 4.78 is 39.1. The van der Waals surface area contributed by atoms with Gasteiger partial charge in [-0.15, -0.1) is 0 Å². The van der Waals surface area contributed by atoms with E-state index in [2.05, 4.69) is 0 Å². The highest BCUT2D eigenvalue weighted by Gasteiger charge is 2.31. The summed E-state index contributed by atoms with van der Waals surface area (Å²) >= 11 is 0. The van der Waals surface area contributed by atoms with Gasteiger partial charge in [-0.25, -0.2) is 17.1 Å². The molecule has 0 atom stereocenters. The van der Waals surface area contributed by atoms with Gasteiger partial charge in [0.1, 0.15) is 5.82 Å². The van der Waals surface area contributed by atoms with E-state index in [-0.39, 0.29) is 23.3 Å². The Kier molecular flexibility index (Phi) is 5.41. The van der Waals surface area contributed by atoms with Crippen molar-refractivity contribution in [1.82, 2.24) is 9.21 Å². The van der Waals surface area contributed by atoms with E-state index in [1.54, 1.807) is 31.0 Å². The van der Waals surface area contributed by atoms with Crippen LogP contribution in [0.25, 0.3) is 0 Å². The lowest BCUT2D eigenvalue weighted by atomic mass is 10.0. The van der Waals surface area contributed by atoms with Crippen molar-refractivity contribution in [2.45, 2.75) is 32.7 Å². The Labute approximate surface area is 137 Å². The second-order valence-electron chi connectivity index (χ2n) is 5.92. The van der Waals surface area contributed by atoms with E-state index < -0.39 is 15.8 Å². The summed E-state index contributed by atoms with van der Waals surface area (Å²) in [5, 5.41) is 0. The zero-order chi connectivity index (χ0) is 17.2. The van der Waals surface area contributed by atoms with Gasteiger partial charge in [0.25, 0.3) is 5.91 Å². The number of carbonyl (C=O) groups excluding carboxylic acids is 1. The molecular weight excluding hydrogens is 319 g/mol. The third-order valence-electron chi connectivity index (χ3n) is 4.42. The standard InChI is InChI=1S/C16H23FN2O3S/c1-4-23(21,22)18(3)13-7-9-19(10-8-13)16(20)14-11-12(2)5-6-15(14)17/h5-6,11,13H,4,7-10H2,1-3H3. The number of likely N-dealkylation sites (tertiary alicyclic amines) is 1. The fourth-order valence-corrected chi connectivity index (χ4v) is 3.91. The van der Waals surface area contributed by atoms with Gasteiger partial charge in [0.15, 0.2) is 0 Å². The molecule has 0 unspecified atom stereocenters. The summed E-state index contributed by atoms with van der Waals surface area (Å²) in [5.74, 6) is -0.781. The van der Waals surface area contributed by atoms with Gasteiger partial charge in [0.05, 0.1) is 11.3 Å². The Bertz CT molecular complexity index is 683. The summed E-state index contributed by atoms with van der Waals surface area (Å²) in [5.41, 5.74) is 0.913. The van der Waals surface area contributed by atoms with Crippen molar-refractivity contribution in [2.75, 3.05) is 25.9 Å². The third kappa shape index (κ3) is 3.90. The molecule has 0 saturated carbocycles. The number of rotatable bonds is 4. The van der Waals surface area contributed by atoms with Crippen molar-refractivity contribution < 1.29 is 17.6 Å². The number of amides is 1. The number of piperidine rings is 1. The van der Waals surface area contributed by atoms with E-state index in [1.807, 2.05) is 6.92 Å². The van der Waals surface area contributed by atoms with Crippen LogP contribution in [-0.2, 0) is 10.0 Å². The van der Waals surface area contributed by atoms with Gasteiger partial charge in [-0.05, 0) is 38.8 Å². The average Bonchev–Trinajstić information content (AvgIpc) is 2.55. The molecule has 1 saturated heterocycles. The van der Waals surface area contributed by atoms with Crippen molar-refractivity contribution >= 4 is 15.9 Å². The highest BCUT2D eigenvalue weighted by Crippen LogP contribution is 2.21. The summed E-state index contributed by atoms with van der Waals surface area (Å²) in [7, 11) is -1.65. The number of hydrogen-bond donors (Lipinski definition) is 0. The number of nitrogens with zero attached hydrogens (tertiary/aromatic N) is 2. The summed E-state index contributed by atoms with van der Waals surface area (Å²) in [6.07, 6.45) is 1.13. The second kappa shape index (κ2) is 6.97. The van der Waals surface area contributed by atoms with Crippen LogP contribution in [0.2, 0.25) is 0 Å². The van der Waals surface area contributed by atoms with Crippen molar-refractivity contribution in [3.8, 4) is 0 Å². The first-order chi connectivity index (χ1) is 10.8. The smallest absolute Gasteiger partial charge is 0.256 e. The summed E-state index contributed by atoms with van der Waals surface area (Å²) in [4.78, 5) is 14.1. The van der Waals surface area contributed by atoms with Gasteiger partial charge < -0.3 is 4.90 Å². The van der Waals surface area contributed by atoms with Crippen molar-refractivity contribution in [1.29, 1.82) is 0 Å². The molecule has 1 aromatic rings. The zero-order valence-electron chi connectivity index (χ0n) is 13.8. The highest BCUT2D eigenvalue weighted by atomic mass is 32.2. The molecule has 0 aliphatic carbocycles. The lowest BCUT2D eigenvalue weighted by Gasteiger charge is -2.36. The molecule has 0 radical (unpaired) electrons. The lowest BCUT2D eigenvalue weighted by molar-refractivity contribution is 0.0681. The van der Waals surface area contributed by atoms with Gasteiger partial charge in [-0.3, -0.25) is 4.79 Å². The molecule has 1 aliphatic rings. The molecule has 1 fully saturated rings. The van der Waals surface area contributed by atoms with Crippen LogP contribution in [0.1, 0.15) is 35.7 Å². The number of halogens is 1. The molecule has 2 rings (SSSR count). The minimum atomic E-state index is -3.23. The Balaban J connectivity index is 2.04. The van der Waals surface area contributed by atoms with Gasteiger partial charge in [-0.1, -0.05) is 11.6 Å². The van der Waals surface area contributed by atoms with Gasteiger partial charge >= 0.3 is 0 Å². The van der Waals surface area contributed by atoms with Crippen molar-refractivity contribution in [2.24, 2.45) is 0 Å². The quantitative estimate of drug-likeness (QED) is 0.841. The van der Waals surface area contributed by atoms with E-state index in [0.717, 1.165) is 5.56 Å². The molecule has 0 bridgehead atoms. The maximum absolute atomic E-state index is 13.8. The molecular formula is C16H23FN2O3S. The summed E-state index contributed by atoms with van der Waals surface area (Å²) in [6.45, 7) is 4.29. The molecule has 1 aliphatic heterocycles. The SMILES string of the molecule is CCS(=O)(=O)N(C)C1CCN(C(=O)c2cc(C)ccc2F)CC1. The fraction of sp³-hybridized carbons (Fsp3) is 0.562. The van der Waals surface area contributed by atoms with E-state index in [4.69, 9.17) is 0 Å². The monoisotopic (exact) mass is 342 g/mol. The Hall–Kier alpha value is -1.47. The number of benzene rings is 1. The van der Waals surface area contributed by atoms with Crippen molar-refractivity contribution in [3.63, 3.8) is 0 Å². The number of hydrogen-bond acceptors (Lipinski definition) is 3. The number of carbonyl (C=O) groups is 1. The normalized spacial score (nSPS) is 16.8. The maximum Gasteiger partial charge on any atom is 0.256 e. The summed E-state index contributed by atoms with van der Waals surface area (Å²) in [6, 6.07) is 4.38. The van der Waals surface area contributed by atoms with E-state index in [9.17, 15) is 17.6 Å². The Morgan fingerprint density at radius 2 is 1.96 bits per heavy atom. The molecule has 1 aromatic carbocycles. The fourth-order valence-electron chi connectivity index (χ4n) is 2.84. The largest absolute Gasteiger partial charge is 0.338 e. The average molecular weight is 342 g/mol. The third-order valence-corrected chi connectivity index (χ3v) is 6.33. The van der Waals surface area contributed by atoms with Crippen LogP contribution in [0.15, 0.2) is 18.2 Å². The first kappa shape index (κ1) is 17.9. The van der Waals surface area contributed by atoms with E-state index in [1.165, 1.54) is 10.4 Å². The lowest BCUT2D eigenvalue weighted by Crippen LogP contribution is -2.47. The first-order valence-corrected chi connectivity index (χ1v) is 9.38. The predicted molar refractivity (Wildman–Crippen MR) is 87.3 cm³/mol. The van der Waals surface area contributed by atoms with Crippen LogP contribution < -0.4 is 0 Å². The van der Waals surface area contributed by atoms with E-state index >= 15 is 0 Å². The molecule has 0 spiro atoms. The number of aryl methyl sites for hydroxylation is 1. The topological polar surface area (TPSA) is 57.7 Å². The minimum Gasteiger partial charge on any atom is -0.338 e. The minimum absolute atomic E-state index is 0.0666. The van der Waals surface area contributed by atoms with Crippen molar-refractivity contribution in [3.05, 3.63) is 35.1 Å². The molecule has 7 heteroatoms. The zero-order valence-corrected chi connectivity index (χ0v) is 14.6. The van der Waals surface area contributed by atoms with Crippen LogP contribution in [-0.4, -0.2) is 55.5 Å². The van der Waals surface area contributed by atoms with Crippen LogP contribution in [0.5, 0.6) is 0 Å². The van der Waals surface area contributed by atoms with Gasteiger partial charge in [0.2, 0.25) is 10.0 Å². The van der Waals surface area contributed by atoms with Crippen LogP contribution >= 0.6 is 0 Å². The van der Waals surface area contributed by atoms with Gasteiger partial charge in [-0.2, -0.15) is 0 Å².